The minimum Gasteiger partial charge on any atom is -0.484 e. The van der Waals surface area contributed by atoms with Crippen LogP contribution in [0.5, 0.6) is 5.75 Å². The molecule has 1 N–H and O–H groups in total. The number of carbonyl (C=O) groups is 3. The minimum absolute atomic E-state index is 0.199. The lowest BCUT2D eigenvalue weighted by Crippen LogP contribution is -2.71. The molecule has 9 heteroatoms. The van der Waals surface area contributed by atoms with E-state index in [0.717, 1.165) is 0 Å². The van der Waals surface area contributed by atoms with Crippen LogP contribution in [0.15, 0.2) is 41.6 Å². The molecule has 1 aromatic carbocycles. The van der Waals surface area contributed by atoms with Crippen molar-refractivity contribution in [2.75, 3.05) is 26.1 Å². The number of nitrogens with one attached hydrogen (secondary N) is 1. The fourth-order valence-electron chi connectivity index (χ4n) is 3.06. The van der Waals surface area contributed by atoms with Crippen molar-refractivity contribution < 1.29 is 28.6 Å². The predicted molar refractivity (Wildman–Crippen MR) is 112 cm³/mol. The lowest BCUT2D eigenvalue weighted by molar-refractivity contribution is -0.152. The van der Waals surface area contributed by atoms with Gasteiger partial charge in [-0.1, -0.05) is 18.2 Å². The molecule has 30 heavy (non-hydrogen) atoms. The second-order valence-electron chi connectivity index (χ2n) is 7.90. The first-order valence-electron chi connectivity index (χ1n) is 9.57. The summed E-state index contributed by atoms with van der Waals surface area (Å²) < 4.78 is 16.1. The highest BCUT2D eigenvalue weighted by Gasteiger charge is 2.54. The van der Waals surface area contributed by atoms with Gasteiger partial charge in [0.25, 0.3) is 11.8 Å². The van der Waals surface area contributed by atoms with Gasteiger partial charge in [-0.05, 0) is 38.5 Å². The van der Waals surface area contributed by atoms with Crippen molar-refractivity contribution >= 4 is 29.5 Å². The number of methoxy groups -OCH3 is 1. The first kappa shape index (κ1) is 22.2. The Morgan fingerprint density at radius 3 is 2.57 bits per heavy atom. The van der Waals surface area contributed by atoms with E-state index in [1.165, 1.54) is 23.8 Å². The molecule has 162 valence electrons. The zero-order chi connectivity index (χ0) is 21.9. The zero-order valence-electron chi connectivity index (χ0n) is 17.5. The quantitative estimate of drug-likeness (QED) is 0.516. The maximum absolute atomic E-state index is 12.8. The summed E-state index contributed by atoms with van der Waals surface area (Å²) in [6.45, 7) is 5.78. The molecule has 0 radical (unpaired) electrons. The Morgan fingerprint density at radius 1 is 1.23 bits per heavy atom. The highest BCUT2D eigenvalue weighted by molar-refractivity contribution is 8.00. The van der Waals surface area contributed by atoms with Gasteiger partial charge >= 0.3 is 5.97 Å². The van der Waals surface area contributed by atoms with Crippen LogP contribution in [0.2, 0.25) is 0 Å². The Kier molecular flexibility index (Phi) is 6.72. The second-order valence-corrected chi connectivity index (χ2v) is 9.01. The van der Waals surface area contributed by atoms with Crippen molar-refractivity contribution in [3.8, 4) is 5.75 Å². The zero-order valence-corrected chi connectivity index (χ0v) is 18.3. The number of thioether (sulfide) groups is 1. The number of carbonyl (C=O) groups excluding carboxylic acids is 3. The summed E-state index contributed by atoms with van der Waals surface area (Å²) >= 11 is 1.48. The van der Waals surface area contributed by atoms with E-state index in [9.17, 15) is 14.4 Å². The summed E-state index contributed by atoms with van der Waals surface area (Å²) in [6, 6.07) is 8.24. The molecule has 2 atom stereocenters. The van der Waals surface area contributed by atoms with Crippen molar-refractivity contribution in [3.63, 3.8) is 0 Å². The van der Waals surface area contributed by atoms with E-state index in [1.54, 1.807) is 24.3 Å². The van der Waals surface area contributed by atoms with Gasteiger partial charge in [-0.15, -0.1) is 11.8 Å². The molecule has 0 bridgehead atoms. The summed E-state index contributed by atoms with van der Waals surface area (Å²) in [5.74, 6) is -0.266. The van der Waals surface area contributed by atoms with Crippen molar-refractivity contribution in [3.05, 3.63) is 41.6 Å². The number of hydrogen-bond donors (Lipinski definition) is 1. The van der Waals surface area contributed by atoms with Gasteiger partial charge in [-0.25, -0.2) is 4.79 Å². The maximum Gasteiger partial charge on any atom is 0.354 e. The van der Waals surface area contributed by atoms with Gasteiger partial charge in [-0.2, -0.15) is 0 Å². The Hall–Kier alpha value is -2.52. The number of para-hydroxylation sites is 1. The Morgan fingerprint density at radius 2 is 1.93 bits per heavy atom. The first-order valence-corrected chi connectivity index (χ1v) is 10.6. The van der Waals surface area contributed by atoms with Gasteiger partial charge in [0.1, 0.15) is 22.9 Å². The van der Waals surface area contributed by atoms with Crippen LogP contribution < -0.4 is 10.1 Å². The third-order valence-electron chi connectivity index (χ3n) is 4.54. The number of amides is 2. The molecule has 1 saturated heterocycles. The van der Waals surface area contributed by atoms with Crippen molar-refractivity contribution in [2.45, 2.75) is 37.8 Å². The Bertz CT molecular complexity index is 849. The number of esters is 1. The molecule has 2 aliphatic heterocycles. The molecular weight excluding hydrogens is 408 g/mol. The average molecular weight is 435 g/mol. The Labute approximate surface area is 179 Å². The van der Waals surface area contributed by atoms with E-state index in [4.69, 9.17) is 14.2 Å². The topological polar surface area (TPSA) is 94.2 Å². The maximum atomic E-state index is 12.8. The smallest absolute Gasteiger partial charge is 0.354 e. The summed E-state index contributed by atoms with van der Waals surface area (Å²) in [6.07, 6.45) is 0. The molecule has 2 aliphatic rings. The van der Waals surface area contributed by atoms with Gasteiger partial charge in [-0.3, -0.25) is 14.5 Å². The molecule has 8 nitrogen and oxygen atoms in total. The average Bonchev–Trinajstić information content (AvgIpc) is 2.73. The van der Waals surface area contributed by atoms with Gasteiger partial charge in [0.15, 0.2) is 6.61 Å². The van der Waals surface area contributed by atoms with E-state index in [0.29, 0.717) is 17.1 Å². The molecule has 2 amide bonds. The molecule has 0 aromatic heterocycles. The monoisotopic (exact) mass is 434 g/mol. The number of benzene rings is 1. The number of ether oxygens (including phenoxy) is 3. The van der Waals surface area contributed by atoms with Crippen LogP contribution >= 0.6 is 11.8 Å². The van der Waals surface area contributed by atoms with Crippen molar-refractivity contribution in [2.24, 2.45) is 0 Å². The summed E-state index contributed by atoms with van der Waals surface area (Å²) in [5.41, 5.74) is 0.523. The molecule has 1 aromatic rings. The number of β-lactam (4-membered cyclic amide) rings is 1. The molecule has 1 fully saturated rings. The molecule has 2 heterocycles. The van der Waals surface area contributed by atoms with Crippen LogP contribution in [0.1, 0.15) is 20.8 Å². The van der Waals surface area contributed by atoms with Crippen LogP contribution in [0.4, 0.5) is 0 Å². The fraction of sp³-hybridized carbons (Fsp3) is 0.476. The Balaban J connectivity index is 1.65. The number of fused-ring (bicyclic) bond motifs is 1. The predicted octanol–water partition coefficient (Wildman–Crippen LogP) is 1.71. The van der Waals surface area contributed by atoms with Gasteiger partial charge < -0.3 is 19.5 Å². The third kappa shape index (κ3) is 4.96. The number of rotatable bonds is 7. The first-order chi connectivity index (χ1) is 14.2. The summed E-state index contributed by atoms with van der Waals surface area (Å²) in [4.78, 5) is 38.8. The summed E-state index contributed by atoms with van der Waals surface area (Å²) in [7, 11) is 1.28. The highest BCUT2D eigenvalue weighted by atomic mass is 32.2. The minimum atomic E-state index is -0.716. The van der Waals surface area contributed by atoms with Crippen LogP contribution in [0.3, 0.4) is 0 Å². The highest BCUT2D eigenvalue weighted by Crippen LogP contribution is 2.40. The molecular formula is C21H26N2O6S. The van der Waals surface area contributed by atoms with Crippen LogP contribution in [0, 0.1) is 0 Å². The number of nitrogens with zero attached hydrogens (tertiary/aromatic N) is 1. The third-order valence-corrected chi connectivity index (χ3v) is 5.87. The van der Waals surface area contributed by atoms with E-state index >= 15 is 0 Å². The largest absolute Gasteiger partial charge is 0.484 e. The van der Waals surface area contributed by atoms with E-state index in [2.05, 4.69) is 5.32 Å². The molecule has 0 saturated carbocycles. The van der Waals surface area contributed by atoms with E-state index < -0.39 is 17.9 Å². The lowest BCUT2D eigenvalue weighted by Gasteiger charge is -2.49. The van der Waals surface area contributed by atoms with Crippen LogP contribution in [0.25, 0.3) is 0 Å². The normalized spacial score (nSPS) is 20.9. The molecule has 0 spiro atoms. The summed E-state index contributed by atoms with van der Waals surface area (Å²) in [5, 5.41) is 2.33. The van der Waals surface area contributed by atoms with Gasteiger partial charge in [0.2, 0.25) is 0 Å². The van der Waals surface area contributed by atoms with Gasteiger partial charge in [0, 0.05) is 5.75 Å². The molecule has 0 aliphatic carbocycles. The van der Waals surface area contributed by atoms with Crippen LogP contribution in [-0.4, -0.2) is 65.8 Å². The van der Waals surface area contributed by atoms with Gasteiger partial charge in [0.05, 0.1) is 19.3 Å². The van der Waals surface area contributed by atoms with Crippen LogP contribution in [-0.2, 0) is 23.9 Å². The molecule has 1 unspecified atom stereocenters. The molecule has 3 rings (SSSR count). The van der Waals surface area contributed by atoms with Crippen molar-refractivity contribution in [1.29, 1.82) is 0 Å². The van der Waals surface area contributed by atoms with Crippen molar-refractivity contribution in [1.82, 2.24) is 10.2 Å². The standard InChI is InChI=1S/C21H26N2O6S/c1-21(2,3)29-10-13-12-30-19-16(18(25)23(19)17(13)20(26)27-4)22-15(24)11-28-14-8-6-5-7-9-14/h5-9,16,19H,10-12H2,1-4H3,(H,22,24)/t16?,19-/m1/s1. The van der Waals surface area contributed by atoms with E-state index in [-0.39, 0.29) is 35.8 Å². The second kappa shape index (κ2) is 9.09. The number of hydrogen-bond acceptors (Lipinski definition) is 7. The SMILES string of the molecule is COC(=O)C1=C(COC(C)(C)C)CS[C@@H]2C(NC(=O)COc3ccccc3)C(=O)N12. The van der Waals surface area contributed by atoms with E-state index in [1.807, 2.05) is 26.8 Å². The fourth-order valence-corrected chi connectivity index (χ4v) is 4.39. The lowest BCUT2D eigenvalue weighted by atomic mass is 10.0.